The van der Waals surface area contributed by atoms with Crippen LogP contribution in [-0.4, -0.2) is 48.0 Å². The summed E-state index contributed by atoms with van der Waals surface area (Å²) in [6.07, 6.45) is 8.87. The first kappa shape index (κ1) is 14.4. The van der Waals surface area contributed by atoms with Crippen molar-refractivity contribution < 1.29 is 0 Å². The van der Waals surface area contributed by atoms with Gasteiger partial charge in [-0.25, -0.2) is 0 Å². The molecule has 0 saturated carbocycles. The Bertz CT molecular complexity index is 86.7. The molecule has 0 aromatic carbocycles. The van der Waals surface area contributed by atoms with Gasteiger partial charge in [0.25, 0.3) is 0 Å². The summed E-state index contributed by atoms with van der Waals surface area (Å²) < 4.78 is 0. The summed E-state index contributed by atoms with van der Waals surface area (Å²) in [5, 5.41) is 0. The van der Waals surface area contributed by atoms with Crippen molar-refractivity contribution >= 4 is 47.0 Å². The van der Waals surface area contributed by atoms with E-state index < -0.39 is 0 Å². The topological polar surface area (TPSA) is 0 Å². The van der Waals surface area contributed by atoms with Crippen LogP contribution in [0.2, 0.25) is 0 Å². The van der Waals surface area contributed by atoms with E-state index in [0.717, 1.165) is 0 Å². The second-order valence-electron chi connectivity index (χ2n) is 3.23. The summed E-state index contributed by atoms with van der Waals surface area (Å²) in [7, 11) is 0. The lowest BCUT2D eigenvalue weighted by Crippen LogP contribution is -2.32. The van der Waals surface area contributed by atoms with E-state index in [1.807, 2.05) is 47.0 Å². The van der Waals surface area contributed by atoms with Crippen LogP contribution in [0, 0.1) is 5.41 Å². The first-order valence-corrected chi connectivity index (χ1v) is 9.78. The minimum absolute atomic E-state index is 0.553. The molecule has 0 unspecified atom stereocenters. The van der Waals surface area contributed by atoms with Crippen LogP contribution in [0.25, 0.3) is 0 Å². The third-order valence-electron chi connectivity index (χ3n) is 1.80. The predicted molar refractivity (Wildman–Crippen MR) is 76.0 cm³/mol. The van der Waals surface area contributed by atoms with E-state index in [-0.39, 0.29) is 0 Å². The first-order chi connectivity index (χ1) is 6.24. The molecule has 0 nitrogen and oxygen atoms in total. The molecule has 0 rings (SSSR count). The van der Waals surface area contributed by atoms with Crippen molar-refractivity contribution in [3.05, 3.63) is 0 Å². The van der Waals surface area contributed by atoms with Crippen LogP contribution in [0.3, 0.4) is 0 Å². The van der Waals surface area contributed by atoms with E-state index in [1.165, 1.54) is 23.0 Å². The van der Waals surface area contributed by atoms with Crippen LogP contribution in [-0.2, 0) is 0 Å². The highest BCUT2D eigenvalue weighted by Crippen LogP contribution is 2.32. The first-order valence-electron chi connectivity index (χ1n) is 4.20. The maximum absolute atomic E-state index is 2.22. The van der Waals surface area contributed by atoms with E-state index in [0.29, 0.717) is 5.41 Å². The molecule has 13 heavy (non-hydrogen) atoms. The van der Waals surface area contributed by atoms with E-state index in [4.69, 9.17) is 0 Å². The van der Waals surface area contributed by atoms with Crippen LogP contribution in [0.1, 0.15) is 0 Å². The zero-order valence-electron chi connectivity index (χ0n) is 8.96. The molecule has 0 aliphatic heterocycles. The lowest BCUT2D eigenvalue weighted by atomic mass is 9.99. The fourth-order valence-electron chi connectivity index (χ4n) is 1.47. The van der Waals surface area contributed by atoms with Crippen LogP contribution in [0.5, 0.6) is 0 Å². The Labute approximate surface area is 100 Å². The summed E-state index contributed by atoms with van der Waals surface area (Å²) in [5.74, 6) is 5.20. The van der Waals surface area contributed by atoms with Crippen LogP contribution < -0.4 is 0 Å². The molecule has 4 heteroatoms. The second kappa shape index (κ2) is 8.69. The Kier molecular flexibility index (Phi) is 9.62. The number of hydrogen-bond acceptors (Lipinski definition) is 4. The van der Waals surface area contributed by atoms with Gasteiger partial charge >= 0.3 is 0 Å². The van der Waals surface area contributed by atoms with Crippen molar-refractivity contribution in [3.8, 4) is 0 Å². The Morgan fingerprint density at radius 3 is 1.00 bits per heavy atom. The quantitative estimate of drug-likeness (QED) is 0.652. The Balaban J connectivity index is 4.19. The minimum Gasteiger partial charge on any atom is -0.165 e. The van der Waals surface area contributed by atoms with Crippen molar-refractivity contribution in [1.29, 1.82) is 0 Å². The zero-order chi connectivity index (χ0) is 10.2. The van der Waals surface area contributed by atoms with Gasteiger partial charge in [-0.15, -0.1) is 0 Å². The van der Waals surface area contributed by atoms with Gasteiger partial charge in [0.15, 0.2) is 0 Å². The summed E-state index contributed by atoms with van der Waals surface area (Å²) in [4.78, 5) is 0. The fraction of sp³-hybridized carbons (Fsp3) is 1.00. The highest BCUT2D eigenvalue weighted by atomic mass is 32.2. The number of thioether (sulfide) groups is 4. The third-order valence-corrected chi connectivity index (χ3v) is 5.41. The molecule has 0 aromatic rings. The highest BCUT2D eigenvalue weighted by Gasteiger charge is 2.28. The monoisotopic (exact) mass is 256 g/mol. The van der Waals surface area contributed by atoms with Crippen molar-refractivity contribution in [2.45, 2.75) is 0 Å². The molecular formula is C9H20S4. The maximum Gasteiger partial charge on any atom is 0.00645 e. The lowest BCUT2D eigenvalue weighted by Gasteiger charge is -2.31. The largest absolute Gasteiger partial charge is 0.165 e. The van der Waals surface area contributed by atoms with Gasteiger partial charge in [0.2, 0.25) is 0 Å². The van der Waals surface area contributed by atoms with E-state index in [2.05, 4.69) is 25.0 Å². The molecule has 0 aliphatic rings. The average Bonchev–Trinajstić information content (AvgIpc) is 2.06. The second-order valence-corrected chi connectivity index (χ2v) is 6.70. The molecular weight excluding hydrogens is 236 g/mol. The SMILES string of the molecule is CSCC(CSC)(CSC)CSC. The molecule has 0 saturated heterocycles. The Hall–Kier alpha value is 1.40. The lowest BCUT2D eigenvalue weighted by molar-refractivity contribution is 0.517. The summed E-state index contributed by atoms with van der Waals surface area (Å²) in [6.45, 7) is 0. The van der Waals surface area contributed by atoms with Gasteiger partial charge in [-0.2, -0.15) is 47.0 Å². The van der Waals surface area contributed by atoms with Crippen molar-refractivity contribution in [1.82, 2.24) is 0 Å². The van der Waals surface area contributed by atoms with Gasteiger partial charge in [0, 0.05) is 28.4 Å². The number of hydrogen-bond donors (Lipinski definition) is 0. The van der Waals surface area contributed by atoms with Gasteiger partial charge in [-0.05, 0) is 25.0 Å². The molecule has 80 valence electrons. The van der Waals surface area contributed by atoms with E-state index in [9.17, 15) is 0 Å². The normalized spacial score (nSPS) is 12.0. The average molecular weight is 257 g/mol. The number of rotatable bonds is 8. The predicted octanol–water partition coefficient (Wildman–Crippen LogP) is 3.42. The molecule has 0 N–H and O–H groups in total. The molecule has 0 atom stereocenters. The van der Waals surface area contributed by atoms with Gasteiger partial charge < -0.3 is 0 Å². The van der Waals surface area contributed by atoms with Gasteiger partial charge in [0.1, 0.15) is 0 Å². The van der Waals surface area contributed by atoms with Crippen molar-refractivity contribution in [3.63, 3.8) is 0 Å². The van der Waals surface area contributed by atoms with Gasteiger partial charge in [0.05, 0.1) is 0 Å². The standard InChI is InChI=1S/C9H20S4/c1-10-5-9(6-11-2,7-12-3)8-13-4/h5-8H2,1-4H3. The summed E-state index contributed by atoms with van der Waals surface area (Å²) in [5.41, 5.74) is 0.553. The molecule has 0 amide bonds. The summed E-state index contributed by atoms with van der Waals surface area (Å²) >= 11 is 7.95. The van der Waals surface area contributed by atoms with Crippen LogP contribution in [0.15, 0.2) is 0 Å². The molecule has 0 bridgehead atoms. The van der Waals surface area contributed by atoms with Crippen LogP contribution >= 0.6 is 47.0 Å². The Morgan fingerprint density at radius 1 is 0.615 bits per heavy atom. The van der Waals surface area contributed by atoms with Gasteiger partial charge in [-0.3, -0.25) is 0 Å². The molecule has 0 heterocycles. The van der Waals surface area contributed by atoms with Crippen LogP contribution in [0.4, 0.5) is 0 Å². The molecule has 0 radical (unpaired) electrons. The fourth-order valence-corrected chi connectivity index (χ4v) is 5.92. The highest BCUT2D eigenvalue weighted by molar-refractivity contribution is 8.01. The molecule has 0 fully saturated rings. The molecule has 0 aromatic heterocycles. The van der Waals surface area contributed by atoms with Crippen molar-refractivity contribution in [2.24, 2.45) is 5.41 Å². The Morgan fingerprint density at radius 2 is 0.846 bits per heavy atom. The molecule has 0 spiro atoms. The third kappa shape index (κ3) is 5.75. The van der Waals surface area contributed by atoms with E-state index >= 15 is 0 Å². The smallest absolute Gasteiger partial charge is 0.00645 e. The van der Waals surface area contributed by atoms with Gasteiger partial charge in [-0.1, -0.05) is 0 Å². The molecule has 0 aliphatic carbocycles. The summed E-state index contributed by atoms with van der Waals surface area (Å²) in [6, 6.07) is 0. The maximum atomic E-state index is 2.22. The van der Waals surface area contributed by atoms with Crippen molar-refractivity contribution in [2.75, 3.05) is 48.0 Å². The minimum atomic E-state index is 0.553. The zero-order valence-corrected chi connectivity index (χ0v) is 12.2. The van der Waals surface area contributed by atoms with E-state index in [1.54, 1.807) is 0 Å².